The lowest BCUT2D eigenvalue weighted by molar-refractivity contribution is 0.857. The molecule has 24 heavy (non-hydrogen) atoms. The molecule has 2 rings (SSSR count). The van der Waals surface area contributed by atoms with Crippen molar-refractivity contribution < 1.29 is 0 Å². The SMILES string of the molecule is C=C.C=C.CC.CCC1=CC=C(C)CC1.CCC1=CC=C(C)CC1. The van der Waals surface area contributed by atoms with E-state index in [0.717, 1.165) is 0 Å². The number of rotatable bonds is 2. The van der Waals surface area contributed by atoms with Gasteiger partial charge in [-0.2, -0.15) is 0 Å². The van der Waals surface area contributed by atoms with Crippen LogP contribution < -0.4 is 0 Å². The molecule has 0 fully saturated rings. The quantitative estimate of drug-likeness (QED) is 0.444. The largest absolute Gasteiger partial charge is 0.106 e. The zero-order chi connectivity index (χ0) is 19.4. The van der Waals surface area contributed by atoms with Gasteiger partial charge < -0.3 is 0 Å². The summed E-state index contributed by atoms with van der Waals surface area (Å²) in [6.45, 7) is 24.8. The summed E-state index contributed by atoms with van der Waals surface area (Å²) >= 11 is 0. The van der Waals surface area contributed by atoms with Gasteiger partial charge in [0.15, 0.2) is 0 Å². The van der Waals surface area contributed by atoms with Crippen LogP contribution in [-0.2, 0) is 0 Å². The third kappa shape index (κ3) is 15.3. The average Bonchev–Trinajstić information content (AvgIpc) is 2.68. The lowest BCUT2D eigenvalue weighted by Crippen LogP contribution is -1.88. The highest BCUT2D eigenvalue weighted by molar-refractivity contribution is 5.22. The molecule has 0 nitrogen and oxygen atoms in total. The first-order chi connectivity index (χ1) is 11.7. The molecule has 0 spiro atoms. The van der Waals surface area contributed by atoms with E-state index in [-0.39, 0.29) is 0 Å². The molecule has 0 amide bonds. The molecule has 0 aromatic rings. The van der Waals surface area contributed by atoms with Crippen LogP contribution in [0.25, 0.3) is 0 Å². The monoisotopic (exact) mass is 330 g/mol. The highest BCUT2D eigenvalue weighted by atomic mass is 14.1. The van der Waals surface area contributed by atoms with Crippen LogP contribution in [0.5, 0.6) is 0 Å². The van der Waals surface area contributed by atoms with Gasteiger partial charge in [0.25, 0.3) is 0 Å². The molecule has 0 N–H and O–H groups in total. The van der Waals surface area contributed by atoms with Crippen LogP contribution in [0, 0.1) is 0 Å². The molecule has 0 saturated heterocycles. The maximum atomic E-state index is 3.00. The minimum absolute atomic E-state index is 1.23. The summed E-state index contributed by atoms with van der Waals surface area (Å²) in [5, 5.41) is 0. The molecule has 2 aliphatic carbocycles. The van der Waals surface area contributed by atoms with Crippen molar-refractivity contribution in [3.8, 4) is 0 Å². The van der Waals surface area contributed by atoms with E-state index in [1.165, 1.54) is 49.7 Å². The van der Waals surface area contributed by atoms with E-state index in [2.05, 4.69) is 78.3 Å². The second-order valence-electron chi connectivity index (χ2n) is 5.38. The Hall–Kier alpha value is -1.56. The van der Waals surface area contributed by atoms with Crippen molar-refractivity contribution in [3.63, 3.8) is 0 Å². The Kier molecular flexibility index (Phi) is 24.4. The van der Waals surface area contributed by atoms with Gasteiger partial charge in [-0.25, -0.2) is 0 Å². The molecule has 0 bridgehead atoms. The topological polar surface area (TPSA) is 0 Å². The Balaban J connectivity index is -0.000000281. The van der Waals surface area contributed by atoms with Crippen LogP contribution >= 0.6 is 0 Å². The first-order valence-corrected chi connectivity index (χ1v) is 9.36. The van der Waals surface area contributed by atoms with Crippen molar-refractivity contribution >= 4 is 0 Å². The Morgan fingerprint density at radius 2 is 0.917 bits per heavy atom. The van der Waals surface area contributed by atoms with Crippen molar-refractivity contribution in [2.24, 2.45) is 0 Å². The Morgan fingerprint density at radius 3 is 1.08 bits per heavy atom. The molecule has 0 atom stereocenters. The highest BCUT2D eigenvalue weighted by Gasteiger charge is 1.99. The lowest BCUT2D eigenvalue weighted by Gasteiger charge is -2.08. The standard InChI is InChI=1S/2C9H14.C2H6.2C2H4/c2*1-3-9-6-4-8(2)5-7-9;3*1-2/h2*4,6H,3,5,7H2,1-2H3;1-2H3;2*1-2H2. The summed E-state index contributed by atoms with van der Waals surface area (Å²) < 4.78 is 0. The molecule has 138 valence electrons. The summed E-state index contributed by atoms with van der Waals surface area (Å²) in [6, 6.07) is 0. The van der Waals surface area contributed by atoms with Crippen molar-refractivity contribution in [1.29, 1.82) is 0 Å². The average molecular weight is 331 g/mol. The van der Waals surface area contributed by atoms with Crippen molar-refractivity contribution in [1.82, 2.24) is 0 Å². The summed E-state index contributed by atoms with van der Waals surface area (Å²) in [5.41, 5.74) is 6.24. The predicted molar refractivity (Wildman–Crippen MR) is 117 cm³/mol. The zero-order valence-electron chi connectivity index (χ0n) is 17.4. The number of hydrogen-bond acceptors (Lipinski definition) is 0. The van der Waals surface area contributed by atoms with E-state index in [4.69, 9.17) is 0 Å². The van der Waals surface area contributed by atoms with Crippen molar-refractivity contribution in [3.05, 3.63) is 72.9 Å². The van der Waals surface area contributed by atoms with Gasteiger partial charge in [-0.1, -0.05) is 74.3 Å². The van der Waals surface area contributed by atoms with Gasteiger partial charge in [0.1, 0.15) is 0 Å². The van der Waals surface area contributed by atoms with Crippen LogP contribution in [0.4, 0.5) is 0 Å². The van der Waals surface area contributed by atoms with E-state index in [1.54, 1.807) is 11.1 Å². The molecule has 0 saturated carbocycles. The summed E-state index contributed by atoms with van der Waals surface area (Å²) in [6.07, 6.45) is 16.6. The molecule has 0 aromatic heterocycles. The van der Waals surface area contributed by atoms with E-state index >= 15 is 0 Å². The molecule has 0 heteroatoms. The fraction of sp³-hybridized carbons (Fsp3) is 0.500. The number of hydrogen-bond donors (Lipinski definition) is 0. The lowest BCUT2D eigenvalue weighted by atomic mass is 9.98. The van der Waals surface area contributed by atoms with Gasteiger partial charge in [0.2, 0.25) is 0 Å². The van der Waals surface area contributed by atoms with E-state index < -0.39 is 0 Å². The van der Waals surface area contributed by atoms with E-state index in [0.29, 0.717) is 0 Å². The van der Waals surface area contributed by atoms with Gasteiger partial charge in [-0.15, -0.1) is 26.3 Å². The Morgan fingerprint density at radius 1 is 0.625 bits per heavy atom. The fourth-order valence-corrected chi connectivity index (χ4v) is 2.16. The van der Waals surface area contributed by atoms with E-state index in [1.807, 2.05) is 13.8 Å². The molecule has 2 aliphatic rings. The molecular weight excluding hydrogens is 288 g/mol. The van der Waals surface area contributed by atoms with E-state index in [9.17, 15) is 0 Å². The molecule has 0 radical (unpaired) electrons. The second kappa shape index (κ2) is 21.4. The van der Waals surface area contributed by atoms with Crippen LogP contribution in [0.2, 0.25) is 0 Å². The third-order valence-corrected chi connectivity index (χ3v) is 3.80. The molecule has 0 aliphatic heterocycles. The summed E-state index contributed by atoms with van der Waals surface area (Å²) in [5.74, 6) is 0. The smallest absolute Gasteiger partial charge is 0.0280 e. The zero-order valence-corrected chi connectivity index (χ0v) is 17.4. The maximum absolute atomic E-state index is 3.00. The normalized spacial score (nSPS) is 14.8. The van der Waals surface area contributed by atoms with Crippen LogP contribution in [0.1, 0.15) is 80.1 Å². The fourth-order valence-electron chi connectivity index (χ4n) is 2.16. The second-order valence-corrected chi connectivity index (χ2v) is 5.38. The van der Waals surface area contributed by atoms with Gasteiger partial charge in [-0.3, -0.25) is 0 Å². The minimum Gasteiger partial charge on any atom is -0.106 e. The van der Waals surface area contributed by atoms with Gasteiger partial charge in [0.05, 0.1) is 0 Å². The minimum atomic E-state index is 1.23. The first kappa shape index (κ1) is 27.3. The summed E-state index contributed by atoms with van der Waals surface area (Å²) in [4.78, 5) is 0. The summed E-state index contributed by atoms with van der Waals surface area (Å²) in [7, 11) is 0. The molecular formula is C24H42. The van der Waals surface area contributed by atoms with Gasteiger partial charge >= 0.3 is 0 Å². The highest BCUT2D eigenvalue weighted by Crippen LogP contribution is 2.19. The Bertz CT molecular complexity index is 362. The van der Waals surface area contributed by atoms with Crippen LogP contribution in [-0.4, -0.2) is 0 Å². The van der Waals surface area contributed by atoms with Gasteiger partial charge in [-0.05, 0) is 52.4 Å². The molecule has 0 aromatic carbocycles. The van der Waals surface area contributed by atoms with Crippen LogP contribution in [0.15, 0.2) is 72.9 Å². The molecule has 0 heterocycles. The molecule has 0 unspecified atom stereocenters. The van der Waals surface area contributed by atoms with Gasteiger partial charge in [0, 0.05) is 0 Å². The predicted octanol–water partition coefficient (Wildman–Crippen LogP) is 8.76. The van der Waals surface area contributed by atoms with Crippen molar-refractivity contribution in [2.75, 3.05) is 0 Å². The van der Waals surface area contributed by atoms with Crippen LogP contribution in [0.3, 0.4) is 0 Å². The third-order valence-electron chi connectivity index (χ3n) is 3.80. The van der Waals surface area contributed by atoms with Crippen molar-refractivity contribution in [2.45, 2.75) is 80.1 Å². The Labute approximate surface area is 153 Å². The maximum Gasteiger partial charge on any atom is -0.0280 e. The first-order valence-electron chi connectivity index (χ1n) is 9.36. The number of allylic oxidation sites excluding steroid dienone is 8.